The number of hydrogen-bond donors (Lipinski definition) is 0. The Morgan fingerprint density at radius 2 is 2.15 bits per heavy atom. The maximum Gasteiger partial charge on any atom is 0.277 e. The molecule has 0 amide bonds. The predicted octanol–water partition coefficient (Wildman–Crippen LogP) is 2.89. The molecule has 0 saturated heterocycles. The number of methoxy groups -OCH3 is 1. The molecular weight excluding hydrogens is 296 g/mol. The van der Waals surface area contributed by atoms with Crippen LogP contribution in [0.4, 0.5) is 0 Å². The third kappa shape index (κ3) is 2.97. The van der Waals surface area contributed by atoms with Gasteiger partial charge in [-0.1, -0.05) is 23.1 Å². The van der Waals surface area contributed by atoms with Gasteiger partial charge in [-0.15, -0.1) is 10.2 Å². The summed E-state index contributed by atoms with van der Waals surface area (Å²) in [7, 11) is 1.61. The Morgan fingerprint density at radius 3 is 2.90 bits per heavy atom. The maximum atomic E-state index is 5.59. The van der Waals surface area contributed by atoms with Gasteiger partial charge in [0.05, 0.1) is 7.11 Å². The van der Waals surface area contributed by atoms with Crippen LogP contribution in [-0.4, -0.2) is 27.3 Å². The molecule has 3 aromatic rings. The van der Waals surface area contributed by atoms with E-state index in [0.29, 0.717) is 16.3 Å². The molecule has 0 N–H and O–H groups in total. The van der Waals surface area contributed by atoms with Crippen molar-refractivity contribution in [3.63, 3.8) is 0 Å². The Balaban J connectivity index is 1.65. The van der Waals surface area contributed by atoms with Crippen LogP contribution in [0.25, 0.3) is 11.5 Å². The SMILES string of the molecule is COc1ncc(CSc2nnc(-c3ccncc3)o2)s1. The number of hydrogen-bond acceptors (Lipinski definition) is 8. The summed E-state index contributed by atoms with van der Waals surface area (Å²) in [6.07, 6.45) is 5.17. The lowest BCUT2D eigenvalue weighted by molar-refractivity contribution is 0.412. The van der Waals surface area contributed by atoms with E-state index in [1.165, 1.54) is 23.1 Å². The molecule has 0 aliphatic heterocycles. The van der Waals surface area contributed by atoms with Crippen molar-refractivity contribution in [2.45, 2.75) is 11.0 Å². The van der Waals surface area contributed by atoms with Gasteiger partial charge >= 0.3 is 0 Å². The molecule has 0 radical (unpaired) electrons. The van der Waals surface area contributed by atoms with Gasteiger partial charge in [-0.2, -0.15) is 0 Å². The first-order valence-electron chi connectivity index (χ1n) is 5.70. The number of pyridine rings is 1. The Labute approximate surface area is 123 Å². The fraction of sp³-hybridized carbons (Fsp3) is 0.167. The van der Waals surface area contributed by atoms with Gasteiger partial charge < -0.3 is 9.15 Å². The molecule has 0 aliphatic carbocycles. The zero-order valence-electron chi connectivity index (χ0n) is 10.5. The van der Waals surface area contributed by atoms with Gasteiger partial charge in [0.15, 0.2) is 0 Å². The van der Waals surface area contributed by atoms with E-state index in [9.17, 15) is 0 Å². The van der Waals surface area contributed by atoms with Crippen LogP contribution < -0.4 is 4.74 Å². The molecule has 3 aromatic heterocycles. The highest BCUT2D eigenvalue weighted by molar-refractivity contribution is 7.98. The predicted molar refractivity (Wildman–Crippen MR) is 75.8 cm³/mol. The Kier molecular flexibility index (Phi) is 3.93. The second kappa shape index (κ2) is 6.02. The lowest BCUT2D eigenvalue weighted by Gasteiger charge is -1.93. The highest BCUT2D eigenvalue weighted by atomic mass is 32.2. The fourth-order valence-corrected chi connectivity index (χ4v) is 2.97. The van der Waals surface area contributed by atoms with Crippen molar-refractivity contribution in [2.24, 2.45) is 0 Å². The Morgan fingerprint density at radius 1 is 1.30 bits per heavy atom. The van der Waals surface area contributed by atoms with E-state index in [0.717, 1.165) is 16.2 Å². The summed E-state index contributed by atoms with van der Waals surface area (Å²) < 4.78 is 10.6. The second-order valence-corrected chi connectivity index (χ2v) is 5.70. The molecule has 6 nitrogen and oxygen atoms in total. The Bertz CT molecular complexity index is 684. The van der Waals surface area contributed by atoms with E-state index in [1.54, 1.807) is 25.7 Å². The van der Waals surface area contributed by atoms with Crippen molar-refractivity contribution in [2.75, 3.05) is 7.11 Å². The molecule has 0 saturated carbocycles. The molecule has 102 valence electrons. The summed E-state index contributed by atoms with van der Waals surface area (Å²) in [6.45, 7) is 0. The molecule has 8 heteroatoms. The third-order valence-corrected chi connectivity index (χ3v) is 4.39. The number of aromatic nitrogens is 4. The van der Waals surface area contributed by atoms with Crippen LogP contribution in [0.15, 0.2) is 40.4 Å². The van der Waals surface area contributed by atoms with E-state index in [4.69, 9.17) is 9.15 Å². The van der Waals surface area contributed by atoms with Crippen LogP contribution in [0.1, 0.15) is 4.88 Å². The van der Waals surface area contributed by atoms with Gasteiger partial charge in [-0.3, -0.25) is 4.98 Å². The zero-order valence-corrected chi connectivity index (χ0v) is 12.1. The van der Waals surface area contributed by atoms with Crippen molar-refractivity contribution in [1.29, 1.82) is 0 Å². The standard InChI is InChI=1S/C12H10N4O2S2/c1-17-11-14-6-9(20-11)7-19-12-16-15-10(18-12)8-2-4-13-5-3-8/h2-6H,7H2,1H3. The summed E-state index contributed by atoms with van der Waals surface area (Å²) in [5.74, 6) is 1.22. The molecular formula is C12H10N4O2S2. The van der Waals surface area contributed by atoms with Gasteiger partial charge in [0, 0.05) is 34.8 Å². The van der Waals surface area contributed by atoms with Gasteiger partial charge in [0.25, 0.3) is 10.4 Å². The minimum atomic E-state index is 0.497. The summed E-state index contributed by atoms with van der Waals surface area (Å²) in [4.78, 5) is 9.15. The molecule has 0 unspecified atom stereocenters. The molecule has 0 bridgehead atoms. The monoisotopic (exact) mass is 306 g/mol. The van der Waals surface area contributed by atoms with Gasteiger partial charge in [0.1, 0.15) is 0 Å². The van der Waals surface area contributed by atoms with E-state index in [1.807, 2.05) is 12.1 Å². The summed E-state index contributed by atoms with van der Waals surface area (Å²) >= 11 is 2.97. The number of rotatable bonds is 5. The fourth-order valence-electron chi connectivity index (χ4n) is 1.46. The number of nitrogens with zero attached hydrogens (tertiary/aromatic N) is 4. The van der Waals surface area contributed by atoms with Crippen LogP contribution in [0.5, 0.6) is 5.19 Å². The second-order valence-electron chi connectivity index (χ2n) is 3.69. The van der Waals surface area contributed by atoms with E-state index >= 15 is 0 Å². The van der Waals surface area contributed by atoms with Crippen LogP contribution in [0.2, 0.25) is 0 Å². The smallest absolute Gasteiger partial charge is 0.277 e. The number of ether oxygens (including phenoxy) is 1. The average molecular weight is 306 g/mol. The van der Waals surface area contributed by atoms with Gasteiger partial charge in [-0.05, 0) is 12.1 Å². The van der Waals surface area contributed by atoms with E-state index in [2.05, 4.69) is 20.2 Å². The molecule has 0 aliphatic rings. The highest BCUT2D eigenvalue weighted by Crippen LogP contribution is 2.29. The summed E-state index contributed by atoms with van der Waals surface area (Å²) in [5.41, 5.74) is 0.860. The summed E-state index contributed by atoms with van der Waals surface area (Å²) in [6, 6.07) is 3.66. The van der Waals surface area contributed by atoms with Gasteiger partial charge in [0.2, 0.25) is 5.89 Å². The minimum absolute atomic E-state index is 0.497. The molecule has 0 atom stereocenters. The first-order chi connectivity index (χ1) is 9.85. The van der Waals surface area contributed by atoms with Crippen LogP contribution in [0, 0.1) is 0 Å². The maximum absolute atomic E-state index is 5.59. The normalized spacial score (nSPS) is 10.7. The first-order valence-corrected chi connectivity index (χ1v) is 7.51. The average Bonchev–Trinajstić information content (AvgIpc) is 3.15. The number of thioether (sulfide) groups is 1. The van der Waals surface area contributed by atoms with Crippen LogP contribution >= 0.6 is 23.1 Å². The lowest BCUT2D eigenvalue weighted by atomic mass is 10.3. The minimum Gasteiger partial charge on any atom is -0.473 e. The molecule has 3 heterocycles. The molecule has 0 spiro atoms. The quantitative estimate of drug-likeness (QED) is 0.671. The molecule has 0 fully saturated rings. The molecule has 20 heavy (non-hydrogen) atoms. The van der Waals surface area contributed by atoms with Crippen LogP contribution in [-0.2, 0) is 5.75 Å². The van der Waals surface area contributed by atoms with E-state index in [-0.39, 0.29) is 0 Å². The zero-order chi connectivity index (χ0) is 13.8. The van der Waals surface area contributed by atoms with E-state index < -0.39 is 0 Å². The first kappa shape index (κ1) is 13.1. The van der Waals surface area contributed by atoms with Crippen molar-refractivity contribution in [3.05, 3.63) is 35.6 Å². The van der Waals surface area contributed by atoms with Crippen LogP contribution in [0.3, 0.4) is 0 Å². The number of thiazole rings is 1. The van der Waals surface area contributed by atoms with Crippen molar-refractivity contribution in [1.82, 2.24) is 20.2 Å². The Hall–Kier alpha value is -1.93. The largest absolute Gasteiger partial charge is 0.473 e. The molecule has 0 aromatic carbocycles. The topological polar surface area (TPSA) is 73.9 Å². The van der Waals surface area contributed by atoms with Crippen molar-refractivity contribution < 1.29 is 9.15 Å². The van der Waals surface area contributed by atoms with Crippen molar-refractivity contribution >= 4 is 23.1 Å². The summed E-state index contributed by atoms with van der Waals surface area (Å²) in [5, 5.41) is 9.22. The van der Waals surface area contributed by atoms with Crippen molar-refractivity contribution in [3.8, 4) is 16.6 Å². The third-order valence-electron chi connectivity index (χ3n) is 2.38. The molecule has 3 rings (SSSR count). The highest BCUT2D eigenvalue weighted by Gasteiger charge is 2.10. The lowest BCUT2D eigenvalue weighted by Crippen LogP contribution is -1.77. The van der Waals surface area contributed by atoms with Gasteiger partial charge in [-0.25, -0.2) is 4.98 Å².